The lowest BCUT2D eigenvalue weighted by Gasteiger charge is -2.37. The highest BCUT2D eigenvalue weighted by molar-refractivity contribution is 7.08. The van der Waals surface area contributed by atoms with E-state index in [4.69, 9.17) is 0 Å². The van der Waals surface area contributed by atoms with Crippen LogP contribution in [0.4, 0.5) is 11.4 Å². The number of benzene rings is 1. The first-order chi connectivity index (χ1) is 14.4. The van der Waals surface area contributed by atoms with E-state index < -0.39 is 11.8 Å². The monoisotopic (exact) mass is 429 g/mol. The van der Waals surface area contributed by atoms with E-state index in [0.29, 0.717) is 17.9 Å². The maximum absolute atomic E-state index is 12.4. The predicted octanol–water partition coefficient (Wildman–Crippen LogP) is 1.75. The topological polar surface area (TPSA) is 93.8 Å². The Labute approximate surface area is 180 Å². The molecule has 0 saturated carbocycles. The van der Waals surface area contributed by atoms with Gasteiger partial charge in [0.2, 0.25) is 5.91 Å². The van der Waals surface area contributed by atoms with Crippen LogP contribution in [0.1, 0.15) is 18.5 Å². The summed E-state index contributed by atoms with van der Waals surface area (Å²) in [5.74, 6) is -1.56. The van der Waals surface area contributed by atoms with Crippen molar-refractivity contribution in [3.8, 4) is 0 Å². The van der Waals surface area contributed by atoms with Gasteiger partial charge < -0.3 is 20.9 Å². The number of carbonyl (C=O) groups excluding carboxylic acids is 3. The van der Waals surface area contributed by atoms with Crippen molar-refractivity contribution in [1.82, 2.24) is 15.1 Å². The molecule has 1 aliphatic rings. The largest absolute Gasteiger partial charge is 0.346 e. The lowest BCUT2D eigenvalue weighted by atomic mass is 10.1. The predicted molar refractivity (Wildman–Crippen MR) is 119 cm³/mol. The normalized spacial score (nSPS) is 15.9. The first kappa shape index (κ1) is 21.9. The molecule has 1 aromatic heterocycles. The average molecular weight is 430 g/mol. The molecule has 3 amide bonds. The van der Waals surface area contributed by atoms with Crippen LogP contribution in [0.2, 0.25) is 0 Å². The van der Waals surface area contributed by atoms with Crippen LogP contribution in [0.15, 0.2) is 41.1 Å². The van der Waals surface area contributed by atoms with E-state index in [9.17, 15) is 14.4 Å². The van der Waals surface area contributed by atoms with Crippen molar-refractivity contribution < 1.29 is 14.4 Å². The lowest BCUT2D eigenvalue weighted by Crippen LogP contribution is -2.49. The Balaban J connectivity index is 1.55. The summed E-state index contributed by atoms with van der Waals surface area (Å²) < 4.78 is 0. The van der Waals surface area contributed by atoms with E-state index in [2.05, 4.69) is 44.2 Å². The van der Waals surface area contributed by atoms with Crippen molar-refractivity contribution in [2.24, 2.45) is 0 Å². The number of hydrogen-bond donors (Lipinski definition) is 3. The quantitative estimate of drug-likeness (QED) is 0.609. The molecule has 160 valence electrons. The molecule has 8 nitrogen and oxygen atoms in total. The Hall–Kier alpha value is -2.75. The summed E-state index contributed by atoms with van der Waals surface area (Å²) in [5, 5.41) is 12.1. The fourth-order valence-electron chi connectivity index (χ4n) is 3.35. The molecule has 3 N–H and O–H groups in total. The molecule has 1 aromatic carbocycles. The Morgan fingerprint density at radius 1 is 0.967 bits per heavy atom. The molecular formula is C21H27N5O3S. The van der Waals surface area contributed by atoms with Crippen LogP contribution < -0.4 is 16.0 Å². The van der Waals surface area contributed by atoms with E-state index in [1.165, 1.54) is 6.92 Å². The molecule has 2 aromatic rings. The molecule has 9 heteroatoms. The molecule has 2 heterocycles. The van der Waals surface area contributed by atoms with E-state index in [0.717, 1.165) is 31.7 Å². The Morgan fingerprint density at radius 2 is 1.60 bits per heavy atom. The first-order valence-electron chi connectivity index (χ1n) is 9.84. The standard InChI is InChI=1S/C21H27N5O3S/c1-15(27)23-17-3-5-18(6-4-17)24-21(29)20(28)22-13-19(16-7-12-30-14-16)26-10-8-25(2)9-11-26/h3-7,12,14,19H,8-11,13H2,1-2H3,(H,22,28)(H,23,27)(H,24,29)/t19-/m1/s1. The molecule has 0 unspecified atom stereocenters. The second kappa shape index (κ2) is 10.3. The molecule has 0 radical (unpaired) electrons. The van der Waals surface area contributed by atoms with Crippen LogP contribution >= 0.6 is 11.3 Å². The second-order valence-electron chi connectivity index (χ2n) is 7.33. The molecule has 3 rings (SSSR count). The second-order valence-corrected chi connectivity index (χ2v) is 8.11. The van der Waals surface area contributed by atoms with Gasteiger partial charge in [-0.1, -0.05) is 0 Å². The van der Waals surface area contributed by atoms with E-state index >= 15 is 0 Å². The minimum absolute atomic E-state index is 0.0404. The third-order valence-corrected chi connectivity index (χ3v) is 5.73. The molecule has 30 heavy (non-hydrogen) atoms. The first-order valence-corrected chi connectivity index (χ1v) is 10.8. The SMILES string of the molecule is CC(=O)Nc1ccc(NC(=O)C(=O)NC[C@H](c2ccsc2)N2CCN(C)CC2)cc1. The van der Waals surface area contributed by atoms with Crippen LogP contribution in [-0.2, 0) is 14.4 Å². The number of anilines is 2. The van der Waals surface area contributed by atoms with Gasteiger partial charge in [0.25, 0.3) is 0 Å². The van der Waals surface area contributed by atoms with Gasteiger partial charge in [-0.05, 0) is 53.7 Å². The van der Waals surface area contributed by atoms with Gasteiger partial charge in [0.15, 0.2) is 0 Å². The third kappa shape index (κ3) is 6.12. The maximum Gasteiger partial charge on any atom is 0.313 e. The third-order valence-electron chi connectivity index (χ3n) is 5.03. The number of rotatable bonds is 6. The highest BCUT2D eigenvalue weighted by Crippen LogP contribution is 2.23. The van der Waals surface area contributed by atoms with E-state index in [1.807, 2.05) is 5.38 Å². The van der Waals surface area contributed by atoms with Gasteiger partial charge in [-0.3, -0.25) is 19.3 Å². The fourth-order valence-corrected chi connectivity index (χ4v) is 4.06. The van der Waals surface area contributed by atoms with Crippen LogP contribution in [0.5, 0.6) is 0 Å². The average Bonchev–Trinajstić information content (AvgIpc) is 3.25. The summed E-state index contributed by atoms with van der Waals surface area (Å²) in [5.41, 5.74) is 2.26. The van der Waals surface area contributed by atoms with Gasteiger partial charge in [-0.25, -0.2) is 0 Å². The minimum Gasteiger partial charge on any atom is -0.346 e. The number of amides is 3. The highest BCUT2D eigenvalue weighted by Gasteiger charge is 2.25. The summed E-state index contributed by atoms with van der Waals surface area (Å²) in [6.07, 6.45) is 0. The number of thiophene rings is 1. The molecular weight excluding hydrogens is 402 g/mol. The van der Waals surface area contributed by atoms with Crippen molar-refractivity contribution in [3.63, 3.8) is 0 Å². The Kier molecular flexibility index (Phi) is 7.56. The van der Waals surface area contributed by atoms with Gasteiger partial charge in [-0.2, -0.15) is 11.3 Å². The van der Waals surface area contributed by atoms with Crippen LogP contribution in [0, 0.1) is 0 Å². The zero-order valence-electron chi connectivity index (χ0n) is 17.2. The molecule has 1 aliphatic heterocycles. The number of nitrogens with zero attached hydrogens (tertiary/aromatic N) is 2. The number of piperazine rings is 1. The number of nitrogens with one attached hydrogen (secondary N) is 3. The summed E-state index contributed by atoms with van der Waals surface area (Å²) in [6.45, 7) is 5.58. The molecule has 0 aliphatic carbocycles. The van der Waals surface area contributed by atoms with E-state index in [-0.39, 0.29) is 11.9 Å². The van der Waals surface area contributed by atoms with Crippen molar-refractivity contribution in [3.05, 3.63) is 46.7 Å². The minimum atomic E-state index is -0.718. The summed E-state index contributed by atoms with van der Waals surface area (Å²) in [6, 6.07) is 8.70. The van der Waals surface area contributed by atoms with Crippen LogP contribution in [-0.4, -0.2) is 67.3 Å². The smallest absolute Gasteiger partial charge is 0.313 e. The lowest BCUT2D eigenvalue weighted by molar-refractivity contribution is -0.136. The zero-order chi connectivity index (χ0) is 21.5. The van der Waals surface area contributed by atoms with Gasteiger partial charge >= 0.3 is 11.8 Å². The van der Waals surface area contributed by atoms with Gasteiger partial charge in [0, 0.05) is 51.0 Å². The Bertz CT molecular complexity index is 861. The fraction of sp³-hybridized carbons (Fsp3) is 0.381. The maximum atomic E-state index is 12.4. The zero-order valence-corrected chi connectivity index (χ0v) is 18.0. The highest BCUT2D eigenvalue weighted by atomic mass is 32.1. The molecule has 0 spiro atoms. The number of likely N-dealkylation sites (N-methyl/N-ethyl adjacent to an activating group) is 1. The van der Waals surface area contributed by atoms with Crippen molar-refractivity contribution in [2.45, 2.75) is 13.0 Å². The van der Waals surface area contributed by atoms with Crippen molar-refractivity contribution in [2.75, 3.05) is 50.4 Å². The molecule has 1 atom stereocenters. The van der Waals surface area contributed by atoms with Crippen molar-refractivity contribution >= 4 is 40.4 Å². The van der Waals surface area contributed by atoms with Crippen LogP contribution in [0.25, 0.3) is 0 Å². The number of hydrogen-bond acceptors (Lipinski definition) is 6. The summed E-state index contributed by atoms with van der Waals surface area (Å²) in [4.78, 5) is 40.3. The van der Waals surface area contributed by atoms with Gasteiger partial charge in [-0.15, -0.1) is 0 Å². The van der Waals surface area contributed by atoms with Crippen molar-refractivity contribution in [1.29, 1.82) is 0 Å². The van der Waals surface area contributed by atoms with Gasteiger partial charge in [0.05, 0.1) is 6.04 Å². The summed E-state index contributed by atoms with van der Waals surface area (Å²) >= 11 is 1.62. The molecule has 0 bridgehead atoms. The Morgan fingerprint density at radius 3 is 2.17 bits per heavy atom. The summed E-state index contributed by atoms with van der Waals surface area (Å²) in [7, 11) is 2.10. The molecule has 1 saturated heterocycles. The van der Waals surface area contributed by atoms with Gasteiger partial charge in [0.1, 0.15) is 0 Å². The number of carbonyl (C=O) groups is 3. The van der Waals surface area contributed by atoms with E-state index in [1.54, 1.807) is 35.6 Å². The van der Waals surface area contributed by atoms with Crippen LogP contribution in [0.3, 0.4) is 0 Å². The molecule has 1 fully saturated rings.